The molecule has 0 fully saturated rings. The Morgan fingerprint density at radius 2 is 2.18 bits per heavy atom. The molecule has 0 spiro atoms. The van der Waals surface area contributed by atoms with Crippen molar-refractivity contribution in [1.29, 1.82) is 0 Å². The maximum Gasteiger partial charge on any atom is 0.182 e. The van der Waals surface area contributed by atoms with E-state index in [9.17, 15) is 4.21 Å². The molecule has 0 amide bonds. The van der Waals surface area contributed by atoms with Crippen LogP contribution in [0.3, 0.4) is 0 Å². The Bertz CT molecular complexity index is 243. The smallest absolute Gasteiger partial charge is 0.182 e. The summed E-state index contributed by atoms with van der Waals surface area (Å²) in [5.74, 6) is 0. The van der Waals surface area contributed by atoms with E-state index in [1.807, 2.05) is 25.1 Å². The summed E-state index contributed by atoms with van der Waals surface area (Å²) in [4.78, 5) is 2.52. The van der Waals surface area contributed by atoms with Crippen LogP contribution in [0.5, 0.6) is 0 Å². The third kappa shape index (κ3) is 1.91. The quantitative estimate of drug-likeness (QED) is 0.632. The molecule has 62 valence electrons. The fourth-order valence-electron chi connectivity index (χ4n) is 0.913. The number of rotatable bonds is 2. The van der Waals surface area contributed by atoms with E-state index in [0.29, 0.717) is 11.3 Å². The largest absolute Gasteiger partial charge is 0.381 e. The summed E-state index contributed by atoms with van der Waals surface area (Å²) in [6.07, 6.45) is 4.16. The van der Waals surface area contributed by atoms with Crippen LogP contribution in [0.1, 0.15) is 6.42 Å². The molecule has 0 radical (unpaired) electrons. The van der Waals surface area contributed by atoms with Crippen molar-refractivity contribution in [2.75, 3.05) is 14.1 Å². The zero-order valence-electron chi connectivity index (χ0n) is 6.57. The van der Waals surface area contributed by atoms with Gasteiger partial charge in [-0.05, 0) is 12.2 Å². The van der Waals surface area contributed by atoms with Crippen molar-refractivity contribution in [1.82, 2.24) is 4.90 Å². The molecule has 0 bridgehead atoms. The van der Waals surface area contributed by atoms with Crippen LogP contribution in [0.4, 0.5) is 0 Å². The van der Waals surface area contributed by atoms with Crippen LogP contribution in [-0.2, 0) is 11.1 Å². The van der Waals surface area contributed by atoms with Gasteiger partial charge in [0.05, 0.1) is 0 Å². The molecule has 1 unspecified atom stereocenters. The van der Waals surface area contributed by atoms with E-state index in [1.165, 1.54) is 0 Å². The average molecular weight is 173 g/mol. The molecular formula is C7H11NO2S. The summed E-state index contributed by atoms with van der Waals surface area (Å²) in [5.41, 5.74) is 1.07. The summed E-state index contributed by atoms with van der Waals surface area (Å²) < 4.78 is 19.3. The molecule has 0 saturated heterocycles. The zero-order valence-corrected chi connectivity index (χ0v) is 7.39. The van der Waals surface area contributed by atoms with Crippen LogP contribution in [0.2, 0.25) is 0 Å². The normalized spacial score (nSPS) is 19.2. The predicted molar refractivity (Wildman–Crippen MR) is 45.2 cm³/mol. The van der Waals surface area contributed by atoms with Gasteiger partial charge in [0, 0.05) is 31.1 Å². The first-order valence-electron chi connectivity index (χ1n) is 3.29. The van der Waals surface area contributed by atoms with Gasteiger partial charge in [-0.25, -0.2) is 4.21 Å². The zero-order chi connectivity index (χ0) is 8.43. The van der Waals surface area contributed by atoms with Gasteiger partial charge in [0.1, 0.15) is 0 Å². The van der Waals surface area contributed by atoms with Gasteiger partial charge in [0.2, 0.25) is 0 Å². The van der Waals surface area contributed by atoms with E-state index in [-0.39, 0.29) is 0 Å². The van der Waals surface area contributed by atoms with Crippen molar-refractivity contribution in [3.8, 4) is 0 Å². The molecule has 1 rings (SSSR count). The topological polar surface area (TPSA) is 40.5 Å². The number of nitrogens with zero attached hydrogens (tertiary/aromatic N) is 1. The van der Waals surface area contributed by atoms with Gasteiger partial charge in [-0.3, -0.25) is 0 Å². The molecule has 1 N–H and O–H groups in total. The Labute approximate surface area is 68.7 Å². The van der Waals surface area contributed by atoms with Gasteiger partial charge < -0.3 is 9.45 Å². The highest BCUT2D eigenvalue weighted by Gasteiger charge is 2.13. The van der Waals surface area contributed by atoms with Crippen molar-refractivity contribution in [3.05, 3.63) is 22.8 Å². The highest BCUT2D eigenvalue weighted by atomic mass is 32.2. The summed E-state index contributed by atoms with van der Waals surface area (Å²) in [6.45, 7) is 0. The Morgan fingerprint density at radius 3 is 2.45 bits per heavy atom. The highest BCUT2D eigenvalue weighted by molar-refractivity contribution is 7.83. The second-order valence-corrected chi connectivity index (χ2v) is 3.63. The van der Waals surface area contributed by atoms with Crippen molar-refractivity contribution in [3.63, 3.8) is 0 Å². The van der Waals surface area contributed by atoms with Crippen molar-refractivity contribution in [2.24, 2.45) is 0 Å². The van der Waals surface area contributed by atoms with E-state index < -0.39 is 11.1 Å². The first-order chi connectivity index (χ1) is 5.11. The molecule has 0 aliphatic heterocycles. The second-order valence-electron chi connectivity index (χ2n) is 2.61. The van der Waals surface area contributed by atoms with Crippen LogP contribution < -0.4 is 0 Å². The minimum atomic E-state index is -1.80. The lowest BCUT2D eigenvalue weighted by molar-refractivity contribution is 0.502. The van der Waals surface area contributed by atoms with E-state index >= 15 is 0 Å². The van der Waals surface area contributed by atoms with Gasteiger partial charge in [0.15, 0.2) is 11.1 Å². The minimum absolute atomic E-state index is 0.578. The molecule has 0 aromatic rings. The lowest BCUT2D eigenvalue weighted by atomic mass is 10.3. The van der Waals surface area contributed by atoms with Crippen LogP contribution >= 0.6 is 0 Å². The molecule has 0 aromatic heterocycles. The Kier molecular flexibility index (Phi) is 2.46. The van der Waals surface area contributed by atoms with Gasteiger partial charge >= 0.3 is 0 Å². The lowest BCUT2D eigenvalue weighted by Crippen LogP contribution is -2.10. The fraction of sp³-hybridized carbons (Fsp3) is 0.429. The summed E-state index contributed by atoms with van der Waals surface area (Å²) in [5, 5.41) is 0. The Hall–Kier alpha value is -0.610. The second kappa shape index (κ2) is 3.19. The molecule has 0 aromatic carbocycles. The molecule has 1 aliphatic rings. The van der Waals surface area contributed by atoms with Crippen molar-refractivity contribution in [2.45, 2.75) is 6.42 Å². The number of allylic oxidation sites excluding steroid dienone is 3. The maximum atomic E-state index is 10.6. The van der Waals surface area contributed by atoms with E-state index in [4.69, 9.17) is 4.55 Å². The van der Waals surface area contributed by atoms with E-state index in [2.05, 4.69) is 0 Å². The third-order valence-electron chi connectivity index (χ3n) is 1.62. The molecule has 1 aliphatic carbocycles. The van der Waals surface area contributed by atoms with Gasteiger partial charge in [-0.1, -0.05) is 0 Å². The Balaban J connectivity index is 2.59. The molecule has 0 saturated carbocycles. The van der Waals surface area contributed by atoms with Crippen LogP contribution in [-0.4, -0.2) is 27.8 Å². The van der Waals surface area contributed by atoms with Gasteiger partial charge in [-0.2, -0.15) is 0 Å². The molecular weight excluding hydrogens is 162 g/mol. The SMILES string of the molecule is CN(C)C1=CC=C(S(=O)O)C1. The first kappa shape index (κ1) is 8.49. The number of hydrogen-bond acceptors (Lipinski definition) is 2. The van der Waals surface area contributed by atoms with Crippen LogP contribution in [0, 0.1) is 0 Å². The van der Waals surface area contributed by atoms with E-state index in [1.54, 1.807) is 6.08 Å². The molecule has 3 nitrogen and oxygen atoms in total. The Morgan fingerprint density at radius 1 is 1.55 bits per heavy atom. The number of hydrogen-bond donors (Lipinski definition) is 1. The average Bonchev–Trinajstić information content (AvgIpc) is 2.33. The van der Waals surface area contributed by atoms with Crippen molar-refractivity contribution < 1.29 is 8.76 Å². The monoisotopic (exact) mass is 173 g/mol. The first-order valence-corrected chi connectivity index (χ1v) is 4.40. The molecule has 4 heteroatoms. The maximum absolute atomic E-state index is 10.6. The predicted octanol–water partition coefficient (Wildman–Crippen LogP) is 0.941. The van der Waals surface area contributed by atoms with Gasteiger partial charge in [0.25, 0.3) is 0 Å². The van der Waals surface area contributed by atoms with E-state index in [0.717, 1.165) is 5.70 Å². The molecule has 0 heterocycles. The summed E-state index contributed by atoms with van der Waals surface area (Å²) in [6, 6.07) is 0. The van der Waals surface area contributed by atoms with Crippen LogP contribution in [0.15, 0.2) is 22.8 Å². The van der Waals surface area contributed by atoms with Gasteiger partial charge in [-0.15, -0.1) is 0 Å². The minimum Gasteiger partial charge on any atom is -0.381 e. The lowest BCUT2D eigenvalue weighted by Gasteiger charge is -2.13. The molecule has 11 heavy (non-hydrogen) atoms. The van der Waals surface area contributed by atoms with Crippen LogP contribution in [0.25, 0.3) is 0 Å². The highest BCUT2D eigenvalue weighted by Crippen LogP contribution is 2.21. The summed E-state index contributed by atoms with van der Waals surface area (Å²) >= 11 is -1.80. The molecule has 1 atom stereocenters. The fourth-order valence-corrected chi connectivity index (χ4v) is 1.37. The third-order valence-corrected chi connectivity index (χ3v) is 2.34. The van der Waals surface area contributed by atoms with Crippen molar-refractivity contribution >= 4 is 11.1 Å². The summed E-state index contributed by atoms with van der Waals surface area (Å²) in [7, 11) is 3.84. The standard InChI is InChI=1S/C7H11NO2S/c1-8(2)6-3-4-7(5-6)11(9)10/h3-4H,5H2,1-2H3,(H,9,10).